The first kappa shape index (κ1) is 13.9. The summed E-state index contributed by atoms with van der Waals surface area (Å²) in [4.78, 5) is 2.54. The summed E-state index contributed by atoms with van der Waals surface area (Å²) in [7, 11) is 0. The van der Waals surface area contributed by atoms with Gasteiger partial charge in [0.15, 0.2) is 0 Å². The largest absolute Gasteiger partial charge is 0.369 e. The second kappa shape index (κ2) is 6.07. The maximum atomic E-state index is 3.60. The summed E-state index contributed by atoms with van der Waals surface area (Å²) in [6.45, 7) is 8.84. The Labute approximate surface area is 119 Å². The zero-order valence-corrected chi connectivity index (χ0v) is 13.1. The summed E-state index contributed by atoms with van der Waals surface area (Å²) < 4.78 is 1.17. The van der Waals surface area contributed by atoms with Crippen molar-refractivity contribution in [1.82, 2.24) is 5.32 Å². The van der Waals surface area contributed by atoms with Gasteiger partial charge >= 0.3 is 0 Å². The Morgan fingerprint density at radius 2 is 2.22 bits per heavy atom. The Bertz CT molecular complexity index is 403. The molecule has 100 valence electrons. The van der Waals surface area contributed by atoms with E-state index >= 15 is 0 Å². The molecule has 0 aromatic heterocycles. The standard InChI is InChI=1S/C15H23BrN2/c1-11(2)17-10-13-6-7-14(16)9-15(13)18-8-4-5-12(18)3/h6-7,9,11-12,17H,4-5,8,10H2,1-3H3. The van der Waals surface area contributed by atoms with E-state index in [1.54, 1.807) is 0 Å². The molecule has 2 rings (SSSR count). The van der Waals surface area contributed by atoms with Crippen molar-refractivity contribution in [2.75, 3.05) is 11.4 Å². The lowest BCUT2D eigenvalue weighted by Crippen LogP contribution is -2.29. The molecule has 18 heavy (non-hydrogen) atoms. The van der Waals surface area contributed by atoms with Crippen LogP contribution in [0.4, 0.5) is 5.69 Å². The minimum atomic E-state index is 0.525. The van der Waals surface area contributed by atoms with Gasteiger partial charge in [-0.15, -0.1) is 0 Å². The van der Waals surface area contributed by atoms with E-state index in [4.69, 9.17) is 0 Å². The molecule has 1 aromatic rings. The molecule has 1 N–H and O–H groups in total. The second-order valence-corrected chi connectivity index (χ2v) is 6.41. The summed E-state index contributed by atoms with van der Waals surface area (Å²) in [5.74, 6) is 0. The molecule has 2 nitrogen and oxygen atoms in total. The van der Waals surface area contributed by atoms with Gasteiger partial charge in [0, 0.05) is 35.3 Å². The van der Waals surface area contributed by atoms with Crippen LogP contribution in [0.2, 0.25) is 0 Å². The summed E-state index contributed by atoms with van der Waals surface area (Å²) in [5.41, 5.74) is 2.79. The maximum absolute atomic E-state index is 3.60. The zero-order chi connectivity index (χ0) is 13.1. The zero-order valence-electron chi connectivity index (χ0n) is 11.5. The Kier molecular flexibility index (Phi) is 4.68. The highest BCUT2D eigenvalue weighted by Crippen LogP contribution is 2.31. The minimum absolute atomic E-state index is 0.525. The Morgan fingerprint density at radius 1 is 1.44 bits per heavy atom. The number of halogens is 1. The molecule has 1 unspecified atom stereocenters. The predicted octanol–water partition coefficient (Wildman–Crippen LogP) is 3.94. The van der Waals surface area contributed by atoms with Crippen molar-refractivity contribution < 1.29 is 0 Å². The van der Waals surface area contributed by atoms with Crippen LogP contribution >= 0.6 is 15.9 Å². The monoisotopic (exact) mass is 310 g/mol. The van der Waals surface area contributed by atoms with Crippen molar-refractivity contribution in [2.45, 2.75) is 52.2 Å². The van der Waals surface area contributed by atoms with Crippen LogP contribution < -0.4 is 10.2 Å². The number of benzene rings is 1. The smallest absolute Gasteiger partial charge is 0.0425 e. The van der Waals surface area contributed by atoms with Crippen molar-refractivity contribution >= 4 is 21.6 Å². The van der Waals surface area contributed by atoms with Gasteiger partial charge in [0.05, 0.1) is 0 Å². The molecule has 3 heteroatoms. The Hall–Kier alpha value is -0.540. The van der Waals surface area contributed by atoms with E-state index in [1.807, 2.05) is 0 Å². The number of nitrogens with one attached hydrogen (secondary N) is 1. The van der Waals surface area contributed by atoms with Crippen molar-refractivity contribution in [3.8, 4) is 0 Å². The number of nitrogens with zero attached hydrogens (tertiary/aromatic N) is 1. The third kappa shape index (κ3) is 3.27. The van der Waals surface area contributed by atoms with Gasteiger partial charge in [0.25, 0.3) is 0 Å². The van der Waals surface area contributed by atoms with E-state index in [0.29, 0.717) is 12.1 Å². The lowest BCUT2D eigenvalue weighted by Gasteiger charge is -2.27. The van der Waals surface area contributed by atoms with Gasteiger partial charge in [-0.2, -0.15) is 0 Å². The van der Waals surface area contributed by atoms with E-state index < -0.39 is 0 Å². The van der Waals surface area contributed by atoms with Gasteiger partial charge in [-0.25, -0.2) is 0 Å². The first-order chi connectivity index (χ1) is 8.58. The second-order valence-electron chi connectivity index (χ2n) is 5.49. The molecule has 1 aromatic carbocycles. The predicted molar refractivity (Wildman–Crippen MR) is 82.2 cm³/mol. The molecule has 1 atom stereocenters. The van der Waals surface area contributed by atoms with Crippen LogP contribution in [-0.4, -0.2) is 18.6 Å². The van der Waals surface area contributed by atoms with Crippen molar-refractivity contribution in [3.05, 3.63) is 28.2 Å². The third-order valence-corrected chi connectivity index (χ3v) is 4.10. The first-order valence-corrected chi connectivity index (χ1v) is 7.65. The van der Waals surface area contributed by atoms with Crippen molar-refractivity contribution in [1.29, 1.82) is 0 Å². The van der Waals surface area contributed by atoms with E-state index in [0.717, 1.165) is 6.54 Å². The average Bonchev–Trinajstić information content (AvgIpc) is 2.73. The van der Waals surface area contributed by atoms with Crippen LogP contribution in [0.3, 0.4) is 0 Å². The van der Waals surface area contributed by atoms with E-state index in [1.165, 1.54) is 35.1 Å². The summed E-state index contributed by atoms with van der Waals surface area (Å²) in [6.07, 6.45) is 2.62. The fourth-order valence-electron chi connectivity index (χ4n) is 2.56. The highest BCUT2D eigenvalue weighted by molar-refractivity contribution is 9.10. The van der Waals surface area contributed by atoms with Gasteiger partial charge in [0.1, 0.15) is 0 Å². The lowest BCUT2D eigenvalue weighted by atomic mass is 10.1. The van der Waals surface area contributed by atoms with Crippen LogP contribution in [0, 0.1) is 0 Å². The van der Waals surface area contributed by atoms with E-state index in [-0.39, 0.29) is 0 Å². The molecule has 1 fully saturated rings. The highest BCUT2D eigenvalue weighted by Gasteiger charge is 2.22. The van der Waals surface area contributed by atoms with Gasteiger partial charge in [-0.05, 0) is 37.5 Å². The van der Waals surface area contributed by atoms with Gasteiger partial charge < -0.3 is 10.2 Å². The van der Waals surface area contributed by atoms with Crippen LogP contribution in [0.5, 0.6) is 0 Å². The van der Waals surface area contributed by atoms with Crippen LogP contribution in [0.25, 0.3) is 0 Å². The Balaban J connectivity index is 2.22. The van der Waals surface area contributed by atoms with E-state index in [2.05, 4.69) is 65.1 Å². The van der Waals surface area contributed by atoms with E-state index in [9.17, 15) is 0 Å². The third-order valence-electron chi connectivity index (χ3n) is 3.61. The molecule has 0 saturated carbocycles. The Morgan fingerprint density at radius 3 is 2.83 bits per heavy atom. The lowest BCUT2D eigenvalue weighted by molar-refractivity contribution is 0.587. The number of anilines is 1. The van der Waals surface area contributed by atoms with Gasteiger partial charge in [0.2, 0.25) is 0 Å². The molecular weight excluding hydrogens is 288 g/mol. The van der Waals surface area contributed by atoms with Crippen LogP contribution in [0.15, 0.2) is 22.7 Å². The van der Waals surface area contributed by atoms with Crippen molar-refractivity contribution in [3.63, 3.8) is 0 Å². The molecule has 0 aliphatic carbocycles. The number of hydrogen-bond acceptors (Lipinski definition) is 2. The summed E-state index contributed by atoms with van der Waals surface area (Å²) in [5, 5.41) is 3.52. The summed E-state index contributed by atoms with van der Waals surface area (Å²) in [6, 6.07) is 7.83. The van der Waals surface area contributed by atoms with Crippen LogP contribution in [-0.2, 0) is 6.54 Å². The number of rotatable bonds is 4. The highest BCUT2D eigenvalue weighted by atomic mass is 79.9. The molecule has 0 spiro atoms. The SMILES string of the molecule is CC(C)NCc1ccc(Br)cc1N1CCCC1C. The molecule has 0 bridgehead atoms. The molecule has 1 aliphatic rings. The van der Waals surface area contributed by atoms with Crippen LogP contribution in [0.1, 0.15) is 39.2 Å². The molecule has 0 amide bonds. The molecular formula is C15H23BrN2. The molecule has 1 heterocycles. The first-order valence-electron chi connectivity index (χ1n) is 6.86. The quantitative estimate of drug-likeness (QED) is 0.906. The fraction of sp³-hybridized carbons (Fsp3) is 0.600. The topological polar surface area (TPSA) is 15.3 Å². The van der Waals surface area contributed by atoms with Crippen molar-refractivity contribution in [2.24, 2.45) is 0 Å². The number of hydrogen-bond donors (Lipinski definition) is 1. The fourth-order valence-corrected chi connectivity index (χ4v) is 2.91. The minimum Gasteiger partial charge on any atom is -0.369 e. The molecule has 1 saturated heterocycles. The van der Waals surface area contributed by atoms with Gasteiger partial charge in [-0.3, -0.25) is 0 Å². The molecule has 0 radical (unpaired) electrons. The molecule has 1 aliphatic heterocycles. The maximum Gasteiger partial charge on any atom is 0.0425 e. The summed E-state index contributed by atoms with van der Waals surface area (Å²) >= 11 is 3.60. The van der Waals surface area contributed by atoms with Gasteiger partial charge in [-0.1, -0.05) is 35.8 Å². The average molecular weight is 311 g/mol. The normalized spacial score (nSPS) is 19.8.